The van der Waals surface area contributed by atoms with Crippen LogP contribution < -0.4 is 9.47 Å². The molecule has 4 nitrogen and oxygen atoms in total. The molecule has 4 heteroatoms. The molecule has 1 saturated heterocycles. The molecule has 22 heavy (non-hydrogen) atoms. The van der Waals surface area contributed by atoms with Gasteiger partial charge in [0.1, 0.15) is 13.2 Å². The number of benzene rings is 1. The van der Waals surface area contributed by atoms with E-state index in [1.165, 1.54) is 13.0 Å². The van der Waals surface area contributed by atoms with Gasteiger partial charge in [0, 0.05) is 19.1 Å². The van der Waals surface area contributed by atoms with E-state index < -0.39 is 0 Å². The first-order valence-corrected chi connectivity index (χ1v) is 8.30. The molecule has 1 atom stereocenters. The summed E-state index contributed by atoms with van der Waals surface area (Å²) >= 11 is 0. The minimum absolute atomic E-state index is 0.166. The van der Waals surface area contributed by atoms with Crippen LogP contribution in [0.2, 0.25) is 0 Å². The second-order valence-electron chi connectivity index (χ2n) is 7.26. The van der Waals surface area contributed by atoms with Crippen LogP contribution in [0, 0.1) is 5.41 Å². The lowest BCUT2D eigenvalue weighted by Crippen LogP contribution is -2.26. The monoisotopic (exact) mass is 305 g/mol. The van der Waals surface area contributed by atoms with Crippen molar-refractivity contribution in [3.63, 3.8) is 0 Å². The molecule has 2 heterocycles. The van der Waals surface area contributed by atoms with Gasteiger partial charge < -0.3 is 19.5 Å². The zero-order valence-electron chi connectivity index (χ0n) is 13.7. The van der Waals surface area contributed by atoms with Crippen molar-refractivity contribution in [2.24, 2.45) is 5.41 Å². The van der Waals surface area contributed by atoms with Crippen molar-refractivity contribution < 1.29 is 14.6 Å². The Kier molecular flexibility index (Phi) is 4.59. The van der Waals surface area contributed by atoms with Gasteiger partial charge in [0.15, 0.2) is 11.5 Å². The van der Waals surface area contributed by atoms with Crippen LogP contribution in [0.3, 0.4) is 0 Å². The second kappa shape index (κ2) is 6.47. The van der Waals surface area contributed by atoms with Crippen LogP contribution in [0.25, 0.3) is 0 Å². The number of fused-ring (bicyclic) bond motifs is 1. The van der Waals surface area contributed by atoms with Crippen molar-refractivity contribution in [1.82, 2.24) is 4.90 Å². The molecule has 1 N–H and O–H groups in total. The summed E-state index contributed by atoms with van der Waals surface area (Å²) < 4.78 is 11.2. The highest BCUT2D eigenvalue weighted by Gasteiger charge is 2.29. The summed E-state index contributed by atoms with van der Waals surface area (Å²) in [4.78, 5) is 2.51. The SMILES string of the molecule is CC1(C)CCN(CCC(CO)c2ccc3c(c2)OCCO3)C1. The molecule has 0 spiro atoms. The van der Waals surface area contributed by atoms with E-state index in [4.69, 9.17) is 9.47 Å². The van der Waals surface area contributed by atoms with E-state index in [1.54, 1.807) is 0 Å². The maximum atomic E-state index is 9.77. The van der Waals surface area contributed by atoms with E-state index in [9.17, 15) is 5.11 Å². The smallest absolute Gasteiger partial charge is 0.161 e. The number of hydrogen-bond donors (Lipinski definition) is 1. The van der Waals surface area contributed by atoms with Gasteiger partial charge in [-0.05, 0) is 49.0 Å². The Morgan fingerprint density at radius 2 is 2.00 bits per heavy atom. The number of likely N-dealkylation sites (tertiary alicyclic amines) is 1. The third kappa shape index (κ3) is 3.55. The Bertz CT molecular complexity index is 515. The molecule has 0 amide bonds. The standard InChI is InChI=1S/C18H27NO3/c1-18(2)6-8-19(13-18)7-5-15(12-20)14-3-4-16-17(11-14)22-10-9-21-16/h3-4,11,15,20H,5-10,12-13H2,1-2H3. The third-order valence-electron chi connectivity index (χ3n) is 4.81. The van der Waals surface area contributed by atoms with Crippen LogP contribution in [0.1, 0.15) is 38.2 Å². The summed E-state index contributed by atoms with van der Waals surface area (Å²) in [5, 5.41) is 9.77. The lowest BCUT2D eigenvalue weighted by atomic mass is 9.93. The number of hydrogen-bond acceptors (Lipinski definition) is 4. The lowest BCUT2D eigenvalue weighted by molar-refractivity contribution is 0.171. The molecule has 2 aliphatic rings. The summed E-state index contributed by atoms with van der Waals surface area (Å²) in [6, 6.07) is 6.05. The summed E-state index contributed by atoms with van der Waals surface area (Å²) in [5.41, 5.74) is 1.58. The molecule has 3 rings (SSSR count). The summed E-state index contributed by atoms with van der Waals surface area (Å²) in [5.74, 6) is 1.79. The van der Waals surface area contributed by atoms with Crippen molar-refractivity contribution in [3.05, 3.63) is 23.8 Å². The number of ether oxygens (including phenoxy) is 2. The maximum absolute atomic E-state index is 9.77. The molecule has 0 saturated carbocycles. The molecule has 1 aromatic rings. The molecule has 0 aromatic heterocycles. The van der Waals surface area contributed by atoms with Crippen LogP contribution in [0.5, 0.6) is 11.5 Å². The molecule has 2 aliphatic heterocycles. The Balaban J connectivity index is 1.62. The highest BCUT2D eigenvalue weighted by atomic mass is 16.6. The maximum Gasteiger partial charge on any atom is 0.161 e. The molecule has 122 valence electrons. The highest BCUT2D eigenvalue weighted by Crippen LogP contribution is 2.34. The number of aliphatic hydroxyl groups excluding tert-OH is 1. The summed E-state index contributed by atoms with van der Waals surface area (Å²) in [6.45, 7) is 9.43. The first-order valence-electron chi connectivity index (χ1n) is 8.30. The molecule has 0 bridgehead atoms. The first-order chi connectivity index (χ1) is 10.6. The Labute approximate surface area is 133 Å². The summed E-state index contributed by atoms with van der Waals surface area (Å²) in [7, 11) is 0. The van der Waals surface area contributed by atoms with E-state index in [0.29, 0.717) is 18.6 Å². The van der Waals surface area contributed by atoms with E-state index in [-0.39, 0.29) is 12.5 Å². The third-order valence-corrected chi connectivity index (χ3v) is 4.81. The Hall–Kier alpha value is -1.26. The van der Waals surface area contributed by atoms with Crippen molar-refractivity contribution in [2.75, 3.05) is 39.5 Å². The van der Waals surface area contributed by atoms with Gasteiger partial charge in [0.05, 0.1) is 0 Å². The largest absolute Gasteiger partial charge is 0.486 e. The number of rotatable bonds is 5. The molecule has 0 radical (unpaired) electrons. The fourth-order valence-corrected chi connectivity index (χ4v) is 3.43. The van der Waals surface area contributed by atoms with Crippen LogP contribution in [0.4, 0.5) is 0 Å². The fraction of sp³-hybridized carbons (Fsp3) is 0.667. The van der Waals surface area contributed by atoms with Crippen molar-refractivity contribution in [3.8, 4) is 11.5 Å². The van der Waals surface area contributed by atoms with E-state index in [0.717, 1.165) is 36.6 Å². The molecule has 0 aliphatic carbocycles. The normalized spacial score (nSPS) is 21.8. The predicted octanol–water partition coefficient (Wildman–Crippen LogP) is 2.66. The van der Waals surface area contributed by atoms with Gasteiger partial charge in [-0.3, -0.25) is 0 Å². The molecule has 1 aromatic carbocycles. The highest BCUT2D eigenvalue weighted by molar-refractivity contribution is 5.44. The van der Waals surface area contributed by atoms with Gasteiger partial charge in [-0.15, -0.1) is 0 Å². The quantitative estimate of drug-likeness (QED) is 0.908. The minimum atomic E-state index is 0.166. The van der Waals surface area contributed by atoms with Gasteiger partial charge >= 0.3 is 0 Å². The van der Waals surface area contributed by atoms with Gasteiger partial charge in [0.2, 0.25) is 0 Å². The molecular formula is C18H27NO3. The van der Waals surface area contributed by atoms with Gasteiger partial charge in [-0.25, -0.2) is 0 Å². The predicted molar refractivity (Wildman–Crippen MR) is 86.7 cm³/mol. The Morgan fingerprint density at radius 3 is 2.68 bits per heavy atom. The van der Waals surface area contributed by atoms with Crippen molar-refractivity contribution >= 4 is 0 Å². The molecule has 1 unspecified atom stereocenters. The van der Waals surface area contributed by atoms with E-state index in [2.05, 4.69) is 24.8 Å². The zero-order chi connectivity index (χ0) is 15.6. The lowest BCUT2D eigenvalue weighted by Gasteiger charge is -2.24. The first kappa shape index (κ1) is 15.6. The van der Waals surface area contributed by atoms with Crippen LogP contribution in [0.15, 0.2) is 18.2 Å². The van der Waals surface area contributed by atoms with E-state index >= 15 is 0 Å². The molecule has 1 fully saturated rings. The van der Waals surface area contributed by atoms with Crippen LogP contribution in [-0.4, -0.2) is 49.5 Å². The van der Waals surface area contributed by atoms with Crippen molar-refractivity contribution in [2.45, 2.75) is 32.6 Å². The van der Waals surface area contributed by atoms with Crippen LogP contribution in [-0.2, 0) is 0 Å². The molecular weight excluding hydrogens is 278 g/mol. The fourth-order valence-electron chi connectivity index (χ4n) is 3.43. The van der Waals surface area contributed by atoms with Crippen LogP contribution >= 0.6 is 0 Å². The Morgan fingerprint density at radius 1 is 1.23 bits per heavy atom. The second-order valence-corrected chi connectivity index (χ2v) is 7.26. The average molecular weight is 305 g/mol. The van der Waals surface area contributed by atoms with Crippen molar-refractivity contribution in [1.29, 1.82) is 0 Å². The van der Waals surface area contributed by atoms with Gasteiger partial charge in [-0.1, -0.05) is 19.9 Å². The van der Waals surface area contributed by atoms with Gasteiger partial charge in [-0.2, -0.15) is 0 Å². The van der Waals surface area contributed by atoms with Gasteiger partial charge in [0.25, 0.3) is 0 Å². The number of nitrogens with zero attached hydrogens (tertiary/aromatic N) is 1. The minimum Gasteiger partial charge on any atom is -0.486 e. The average Bonchev–Trinajstić information content (AvgIpc) is 2.87. The number of aliphatic hydroxyl groups is 1. The topological polar surface area (TPSA) is 41.9 Å². The van der Waals surface area contributed by atoms with E-state index in [1.807, 2.05) is 12.1 Å². The zero-order valence-corrected chi connectivity index (χ0v) is 13.7. The summed E-state index contributed by atoms with van der Waals surface area (Å²) in [6.07, 6.45) is 2.24.